The third kappa shape index (κ3) is 3.81. The Morgan fingerprint density at radius 2 is 1.80 bits per heavy atom. The van der Waals surface area contributed by atoms with Crippen LogP contribution >= 0.6 is 0 Å². The molecule has 3 aromatic rings. The van der Waals surface area contributed by atoms with E-state index in [0.717, 1.165) is 33.7 Å². The van der Waals surface area contributed by atoms with Gasteiger partial charge in [0.2, 0.25) is 10.0 Å². The number of hydrogen-bond acceptors (Lipinski definition) is 4. The third-order valence-electron chi connectivity index (χ3n) is 4.02. The van der Waals surface area contributed by atoms with Gasteiger partial charge in [-0.05, 0) is 55.7 Å². The van der Waals surface area contributed by atoms with Crippen LogP contribution in [0.3, 0.4) is 0 Å². The summed E-state index contributed by atoms with van der Waals surface area (Å²) in [6.07, 6.45) is 0. The Balaban J connectivity index is 1.82. The van der Waals surface area contributed by atoms with Crippen molar-refractivity contribution in [1.29, 1.82) is 0 Å². The summed E-state index contributed by atoms with van der Waals surface area (Å²) in [6, 6.07) is 14.6. The van der Waals surface area contributed by atoms with Gasteiger partial charge in [-0.1, -0.05) is 35.5 Å². The molecule has 6 heteroatoms. The van der Waals surface area contributed by atoms with Crippen molar-refractivity contribution in [2.45, 2.75) is 32.2 Å². The van der Waals surface area contributed by atoms with Crippen LogP contribution in [-0.2, 0) is 16.6 Å². The maximum atomic E-state index is 12.4. The summed E-state index contributed by atoms with van der Waals surface area (Å²) in [5.74, 6) is 0.745. The zero-order chi connectivity index (χ0) is 18.0. The number of nitrogens with zero attached hydrogens (tertiary/aromatic N) is 1. The highest BCUT2D eigenvalue weighted by Crippen LogP contribution is 2.27. The van der Waals surface area contributed by atoms with Crippen LogP contribution in [0, 0.1) is 20.8 Å². The smallest absolute Gasteiger partial charge is 0.240 e. The molecule has 0 saturated carbocycles. The Kier molecular flexibility index (Phi) is 4.74. The molecule has 3 rings (SSSR count). The van der Waals surface area contributed by atoms with E-state index in [0.29, 0.717) is 0 Å². The molecule has 130 valence electrons. The maximum Gasteiger partial charge on any atom is 0.240 e. The van der Waals surface area contributed by atoms with Crippen LogP contribution < -0.4 is 4.72 Å². The minimum absolute atomic E-state index is 0.216. The number of benzene rings is 2. The zero-order valence-corrected chi connectivity index (χ0v) is 15.2. The van der Waals surface area contributed by atoms with E-state index in [4.69, 9.17) is 4.52 Å². The van der Waals surface area contributed by atoms with Crippen molar-refractivity contribution in [3.63, 3.8) is 0 Å². The summed E-state index contributed by atoms with van der Waals surface area (Å²) >= 11 is 0. The normalized spacial score (nSPS) is 11.6. The zero-order valence-electron chi connectivity index (χ0n) is 14.4. The van der Waals surface area contributed by atoms with Gasteiger partial charge in [0.25, 0.3) is 0 Å². The summed E-state index contributed by atoms with van der Waals surface area (Å²) in [5, 5.41) is 3.97. The quantitative estimate of drug-likeness (QED) is 0.756. The molecule has 25 heavy (non-hydrogen) atoms. The molecular weight excluding hydrogens is 336 g/mol. The van der Waals surface area contributed by atoms with E-state index in [1.165, 1.54) is 0 Å². The predicted molar refractivity (Wildman–Crippen MR) is 96.6 cm³/mol. The van der Waals surface area contributed by atoms with Crippen LogP contribution in [0.5, 0.6) is 0 Å². The number of nitrogens with one attached hydrogen (secondary N) is 1. The Hall–Kier alpha value is -2.44. The minimum atomic E-state index is -3.54. The fraction of sp³-hybridized carbons (Fsp3) is 0.211. The molecular formula is C19H20N2O3S. The molecule has 0 aliphatic carbocycles. The van der Waals surface area contributed by atoms with Crippen LogP contribution in [0.15, 0.2) is 57.9 Å². The van der Waals surface area contributed by atoms with Gasteiger partial charge in [-0.25, -0.2) is 13.1 Å². The van der Waals surface area contributed by atoms with Crippen molar-refractivity contribution in [2.24, 2.45) is 0 Å². The van der Waals surface area contributed by atoms with Gasteiger partial charge in [-0.2, -0.15) is 0 Å². The molecule has 0 spiro atoms. The van der Waals surface area contributed by atoms with E-state index in [2.05, 4.69) is 9.88 Å². The maximum absolute atomic E-state index is 12.4. The van der Waals surface area contributed by atoms with Gasteiger partial charge in [-0.15, -0.1) is 0 Å². The Morgan fingerprint density at radius 1 is 1.04 bits per heavy atom. The van der Waals surface area contributed by atoms with Crippen molar-refractivity contribution in [2.75, 3.05) is 0 Å². The molecule has 0 saturated heterocycles. The van der Waals surface area contributed by atoms with E-state index in [9.17, 15) is 8.42 Å². The van der Waals surface area contributed by atoms with E-state index in [1.807, 2.05) is 51.1 Å². The Bertz CT molecular complexity index is 988. The number of rotatable bonds is 5. The van der Waals surface area contributed by atoms with Crippen LogP contribution in [0.2, 0.25) is 0 Å². The summed E-state index contributed by atoms with van der Waals surface area (Å²) in [5.41, 5.74) is 4.50. The van der Waals surface area contributed by atoms with Gasteiger partial charge in [-0.3, -0.25) is 0 Å². The summed E-state index contributed by atoms with van der Waals surface area (Å²) in [4.78, 5) is 0.273. The van der Waals surface area contributed by atoms with Crippen molar-refractivity contribution in [3.8, 4) is 11.1 Å². The Morgan fingerprint density at radius 3 is 2.48 bits per heavy atom. The van der Waals surface area contributed by atoms with Crippen molar-refractivity contribution < 1.29 is 12.9 Å². The lowest BCUT2D eigenvalue weighted by Crippen LogP contribution is -2.23. The van der Waals surface area contributed by atoms with E-state index >= 15 is 0 Å². The largest absolute Gasteiger partial charge is 0.361 e. The minimum Gasteiger partial charge on any atom is -0.361 e. The molecule has 1 N–H and O–H groups in total. The fourth-order valence-corrected chi connectivity index (χ4v) is 3.90. The van der Waals surface area contributed by atoms with Gasteiger partial charge in [0.1, 0.15) is 5.76 Å². The second-order valence-electron chi connectivity index (χ2n) is 6.04. The average molecular weight is 356 g/mol. The van der Waals surface area contributed by atoms with Crippen LogP contribution in [0.25, 0.3) is 11.1 Å². The first-order valence-electron chi connectivity index (χ1n) is 7.95. The number of aromatic nitrogens is 1. The van der Waals surface area contributed by atoms with E-state index < -0.39 is 10.0 Å². The van der Waals surface area contributed by atoms with Crippen molar-refractivity contribution in [3.05, 3.63) is 71.1 Å². The molecule has 0 bridgehead atoms. The highest BCUT2D eigenvalue weighted by Gasteiger charge is 2.15. The molecule has 0 fully saturated rings. The first kappa shape index (κ1) is 17.4. The van der Waals surface area contributed by atoms with Gasteiger partial charge in [0.05, 0.1) is 10.6 Å². The first-order chi connectivity index (χ1) is 11.9. The van der Waals surface area contributed by atoms with Crippen LogP contribution in [0.4, 0.5) is 0 Å². The molecule has 1 aromatic heterocycles. The molecule has 0 amide bonds. The third-order valence-corrected chi connectivity index (χ3v) is 5.41. The van der Waals surface area contributed by atoms with Gasteiger partial charge in [0, 0.05) is 12.1 Å². The number of sulfonamides is 1. The van der Waals surface area contributed by atoms with Gasteiger partial charge < -0.3 is 4.52 Å². The molecule has 0 radical (unpaired) electrons. The van der Waals surface area contributed by atoms with Gasteiger partial charge in [0.15, 0.2) is 0 Å². The van der Waals surface area contributed by atoms with E-state index in [1.54, 1.807) is 18.2 Å². The topological polar surface area (TPSA) is 72.2 Å². The average Bonchev–Trinajstić information content (AvgIpc) is 2.92. The molecule has 1 heterocycles. The lowest BCUT2D eigenvalue weighted by atomic mass is 10.0. The molecule has 0 atom stereocenters. The molecule has 2 aromatic carbocycles. The summed E-state index contributed by atoms with van der Waals surface area (Å²) in [7, 11) is -3.54. The standard InChI is InChI=1S/C19H20N2O3S/c1-13-6-4-9-18(10-13)25(22,23)20-12-16-7-5-8-17(11-16)19-14(2)21-24-15(19)3/h4-11,20H,12H2,1-3H3. The predicted octanol–water partition coefficient (Wildman–Crippen LogP) is 3.75. The summed E-state index contributed by atoms with van der Waals surface area (Å²) in [6.45, 7) is 5.83. The number of aryl methyl sites for hydroxylation is 3. The fourth-order valence-electron chi connectivity index (χ4n) is 2.78. The highest BCUT2D eigenvalue weighted by molar-refractivity contribution is 7.89. The van der Waals surface area contributed by atoms with Crippen LogP contribution in [-0.4, -0.2) is 13.6 Å². The molecule has 0 aliphatic heterocycles. The van der Waals surface area contributed by atoms with Crippen molar-refractivity contribution in [1.82, 2.24) is 9.88 Å². The molecule has 0 unspecified atom stereocenters. The van der Waals surface area contributed by atoms with E-state index in [-0.39, 0.29) is 11.4 Å². The monoisotopic (exact) mass is 356 g/mol. The molecule has 0 aliphatic rings. The first-order valence-corrected chi connectivity index (χ1v) is 9.43. The van der Waals surface area contributed by atoms with Crippen LogP contribution in [0.1, 0.15) is 22.6 Å². The van der Waals surface area contributed by atoms with Gasteiger partial charge >= 0.3 is 0 Å². The highest BCUT2D eigenvalue weighted by atomic mass is 32.2. The Labute approximate surface area is 147 Å². The SMILES string of the molecule is Cc1cccc(S(=O)(=O)NCc2cccc(-c3c(C)noc3C)c2)c1. The lowest BCUT2D eigenvalue weighted by molar-refractivity contribution is 0.393. The molecule has 5 nitrogen and oxygen atoms in total. The van der Waals surface area contributed by atoms with Crippen molar-refractivity contribution >= 4 is 10.0 Å². The summed E-state index contributed by atoms with van der Waals surface area (Å²) < 4.78 is 32.8. The number of hydrogen-bond donors (Lipinski definition) is 1. The second-order valence-corrected chi connectivity index (χ2v) is 7.81. The lowest BCUT2D eigenvalue weighted by Gasteiger charge is -2.09. The second kappa shape index (κ2) is 6.82.